The molecule has 1 aliphatic rings. The van der Waals surface area contributed by atoms with Gasteiger partial charge in [-0.05, 0) is 69.3 Å². The van der Waals surface area contributed by atoms with Gasteiger partial charge in [-0.3, -0.25) is 14.5 Å². The summed E-state index contributed by atoms with van der Waals surface area (Å²) in [5.41, 5.74) is 17.0. The highest BCUT2D eigenvalue weighted by Gasteiger charge is 2.46. The molecule has 1 aromatic carbocycles. The number of hydrogen-bond acceptors (Lipinski definition) is 5. The summed E-state index contributed by atoms with van der Waals surface area (Å²) in [5, 5.41) is 10.1. The van der Waals surface area contributed by atoms with Gasteiger partial charge in [-0.15, -0.1) is 0 Å². The number of likely N-dealkylation sites (tertiary alicyclic amines) is 1. The van der Waals surface area contributed by atoms with Crippen LogP contribution in [0.1, 0.15) is 46.1 Å². The van der Waals surface area contributed by atoms with Crippen LogP contribution in [0.25, 0.3) is 20.9 Å². The molecule has 0 saturated carbocycles. The second-order valence-corrected chi connectivity index (χ2v) is 9.84. The van der Waals surface area contributed by atoms with E-state index >= 15 is 0 Å². The molecule has 0 bridgehead atoms. The van der Waals surface area contributed by atoms with E-state index in [0.29, 0.717) is 24.9 Å². The van der Waals surface area contributed by atoms with E-state index in [1.54, 1.807) is 0 Å². The molecule has 0 aliphatic carbocycles. The predicted molar refractivity (Wildman–Crippen MR) is 123 cm³/mol. The second kappa shape index (κ2) is 10.9. The van der Waals surface area contributed by atoms with Gasteiger partial charge in [-0.1, -0.05) is 27.9 Å². The summed E-state index contributed by atoms with van der Waals surface area (Å²) in [5.74, 6) is -2.02. The molecule has 1 atom stereocenters. The number of ketones is 1. The monoisotopic (exact) mass is 478 g/mol. The molecule has 1 aliphatic heterocycles. The van der Waals surface area contributed by atoms with Crippen LogP contribution < -0.4 is 5.32 Å². The Morgan fingerprint density at radius 3 is 2.42 bits per heavy atom. The van der Waals surface area contributed by atoms with Crippen molar-refractivity contribution in [2.75, 3.05) is 13.1 Å². The average molecular weight is 479 g/mol. The molecule has 1 amide bonds. The van der Waals surface area contributed by atoms with E-state index < -0.39 is 34.6 Å². The summed E-state index contributed by atoms with van der Waals surface area (Å²) >= 11 is 5.66. The van der Waals surface area contributed by atoms with Crippen molar-refractivity contribution in [3.8, 4) is 0 Å². The lowest BCUT2D eigenvalue weighted by atomic mass is 9.76. The number of benzene rings is 1. The molecule has 178 valence electrons. The van der Waals surface area contributed by atoms with Gasteiger partial charge in [-0.2, -0.15) is 0 Å². The molecule has 10 nitrogen and oxygen atoms in total. The minimum Gasteiger partial charge on any atom is -0.347 e. The summed E-state index contributed by atoms with van der Waals surface area (Å²) in [4.78, 5) is 32.8. The van der Waals surface area contributed by atoms with Crippen LogP contribution in [0.3, 0.4) is 0 Å². The number of Topliss-reactive ketones (excluding diaryl/α,β-unsaturated/α-hetero) is 1. The third-order valence-corrected chi connectivity index (χ3v) is 6.16. The fourth-order valence-corrected chi connectivity index (χ4v) is 4.76. The van der Waals surface area contributed by atoms with Gasteiger partial charge < -0.3 is 5.32 Å². The van der Waals surface area contributed by atoms with Gasteiger partial charge in [0.15, 0.2) is 0 Å². The lowest BCUT2D eigenvalue weighted by Crippen LogP contribution is -2.65. The largest absolute Gasteiger partial charge is 0.347 e. The third kappa shape index (κ3) is 7.07. The van der Waals surface area contributed by atoms with E-state index in [-0.39, 0.29) is 24.0 Å². The molecule has 1 saturated heterocycles. The van der Waals surface area contributed by atoms with Crippen molar-refractivity contribution in [1.82, 2.24) is 10.2 Å². The Balaban J connectivity index is 2.08. The van der Waals surface area contributed by atoms with Gasteiger partial charge >= 0.3 is 0 Å². The SMILES string of the molecule is CC1(C)CC(NC(=O)C(=O)Cc2ccc(Cl)c(F)c2)CC(C)(C)N1CC(CN=[N+]=[N-])N=[N+]=[N-]. The van der Waals surface area contributed by atoms with Gasteiger partial charge in [0.2, 0.25) is 5.78 Å². The predicted octanol–water partition coefficient (Wildman–Crippen LogP) is 4.72. The highest BCUT2D eigenvalue weighted by Crippen LogP contribution is 2.38. The molecule has 33 heavy (non-hydrogen) atoms. The lowest BCUT2D eigenvalue weighted by molar-refractivity contribution is -0.139. The fraction of sp³-hybridized carbons (Fsp3) is 0.619. The Hall–Kier alpha value is -2.84. The minimum atomic E-state index is -0.717. The zero-order valence-corrected chi connectivity index (χ0v) is 19.9. The van der Waals surface area contributed by atoms with Gasteiger partial charge in [0.1, 0.15) is 5.82 Å². The lowest BCUT2D eigenvalue weighted by Gasteiger charge is -2.56. The van der Waals surface area contributed by atoms with Gasteiger partial charge in [0, 0.05) is 46.5 Å². The van der Waals surface area contributed by atoms with E-state index in [1.807, 2.05) is 27.7 Å². The zero-order chi connectivity index (χ0) is 24.8. The molecule has 2 rings (SSSR count). The molecule has 0 aromatic heterocycles. The maximum atomic E-state index is 13.6. The number of rotatable bonds is 9. The minimum absolute atomic E-state index is 0.0448. The van der Waals surface area contributed by atoms with Crippen molar-refractivity contribution in [1.29, 1.82) is 0 Å². The van der Waals surface area contributed by atoms with Crippen molar-refractivity contribution in [3.05, 3.63) is 55.5 Å². The van der Waals surface area contributed by atoms with E-state index in [9.17, 15) is 14.0 Å². The Morgan fingerprint density at radius 1 is 1.24 bits per heavy atom. The number of piperidine rings is 1. The molecule has 1 N–H and O–H groups in total. The molecule has 12 heteroatoms. The van der Waals surface area contributed by atoms with Crippen molar-refractivity contribution in [2.24, 2.45) is 10.2 Å². The Morgan fingerprint density at radius 2 is 1.88 bits per heavy atom. The molecule has 1 heterocycles. The molecule has 0 radical (unpaired) electrons. The molecule has 1 unspecified atom stereocenters. The van der Waals surface area contributed by atoms with Crippen LogP contribution in [0.15, 0.2) is 28.4 Å². The van der Waals surface area contributed by atoms with Gasteiger partial charge in [-0.25, -0.2) is 4.39 Å². The summed E-state index contributed by atoms with van der Waals surface area (Å²) < 4.78 is 13.6. The maximum absolute atomic E-state index is 13.6. The highest BCUT2D eigenvalue weighted by atomic mass is 35.5. The smallest absolute Gasteiger partial charge is 0.287 e. The fourth-order valence-electron chi connectivity index (χ4n) is 4.64. The van der Waals surface area contributed by atoms with Crippen molar-refractivity contribution < 1.29 is 14.0 Å². The first-order valence-electron chi connectivity index (χ1n) is 10.5. The molecule has 1 aromatic rings. The number of carbonyl (C=O) groups is 2. The quantitative estimate of drug-likeness (QED) is 0.237. The van der Waals surface area contributed by atoms with E-state index in [2.05, 4.69) is 30.3 Å². The normalized spacial score (nSPS) is 18.5. The van der Waals surface area contributed by atoms with E-state index in [1.165, 1.54) is 12.1 Å². The molecule has 1 fully saturated rings. The molecule has 0 spiro atoms. The third-order valence-electron chi connectivity index (χ3n) is 5.85. The van der Waals surface area contributed by atoms with Crippen molar-refractivity contribution in [3.63, 3.8) is 0 Å². The maximum Gasteiger partial charge on any atom is 0.287 e. The zero-order valence-electron chi connectivity index (χ0n) is 19.1. The topological polar surface area (TPSA) is 147 Å². The van der Waals surface area contributed by atoms with Crippen molar-refractivity contribution >= 4 is 23.3 Å². The van der Waals surface area contributed by atoms with Gasteiger partial charge in [0.25, 0.3) is 5.91 Å². The standard InChI is InChI=1S/C21H28ClFN8O2/c1-20(2)9-14(10-21(3,4)31(20)12-15(28-30-25)11-26-29-24)27-19(33)18(32)8-13-5-6-16(22)17(23)7-13/h5-7,14-15H,8-12H2,1-4H3,(H,27,33). The first kappa shape index (κ1) is 26.4. The molecular weight excluding hydrogens is 451 g/mol. The summed E-state index contributed by atoms with van der Waals surface area (Å²) in [6, 6.07) is 3.22. The highest BCUT2D eigenvalue weighted by molar-refractivity contribution is 6.36. The number of hydrogen-bond donors (Lipinski definition) is 1. The second-order valence-electron chi connectivity index (χ2n) is 9.43. The molecular formula is C21H28ClFN8O2. The Bertz CT molecular complexity index is 984. The summed E-state index contributed by atoms with van der Waals surface area (Å²) in [7, 11) is 0. The van der Waals surface area contributed by atoms with Crippen LogP contribution in [0.2, 0.25) is 5.02 Å². The van der Waals surface area contributed by atoms with E-state index in [4.69, 9.17) is 22.7 Å². The number of amides is 1. The van der Waals surface area contributed by atoms with Crippen LogP contribution in [0, 0.1) is 5.82 Å². The number of azide groups is 2. The van der Waals surface area contributed by atoms with Crippen molar-refractivity contribution in [2.45, 2.75) is 70.1 Å². The van der Waals surface area contributed by atoms with Crippen LogP contribution in [-0.2, 0) is 16.0 Å². The van der Waals surface area contributed by atoms with Crippen LogP contribution in [0.4, 0.5) is 4.39 Å². The van der Waals surface area contributed by atoms with Crippen LogP contribution in [-0.4, -0.2) is 52.8 Å². The van der Waals surface area contributed by atoms with Gasteiger partial charge in [0.05, 0.1) is 11.1 Å². The average Bonchev–Trinajstić information content (AvgIpc) is 2.70. The number of halogens is 2. The van der Waals surface area contributed by atoms with Crippen LogP contribution in [0.5, 0.6) is 0 Å². The first-order valence-corrected chi connectivity index (χ1v) is 10.9. The number of nitrogens with zero attached hydrogens (tertiary/aromatic N) is 7. The van der Waals surface area contributed by atoms with Crippen LogP contribution >= 0.6 is 11.6 Å². The Labute approximate surface area is 196 Å². The summed E-state index contributed by atoms with van der Waals surface area (Å²) in [6.07, 6.45) is 0.879. The number of carbonyl (C=O) groups excluding carboxylic acids is 2. The number of nitrogens with one attached hydrogen (secondary N) is 1. The van der Waals surface area contributed by atoms with E-state index in [0.717, 1.165) is 6.07 Å². The summed E-state index contributed by atoms with van der Waals surface area (Å²) in [6.45, 7) is 8.45. The Kier molecular flexibility index (Phi) is 8.69. The first-order chi connectivity index (χ1) is 15.4.